The molecule has 2 atom stereocenters. The first kappa shape index (κ1) is 19.3. The normalized spacial score (nSPS) is 21.5. The van der Waals surface area contributed by atoms with Gasteiger partial charge in [-0.1, -0.05) is 6.92 Å². The second kappa shape index (κ2) is 9.44. The molecule has 1 aliphatic heterocycles. The summed E-state index contributed by atoms with van der Waals surface area (Å²) in [5, 5.41) is 6.27. The lowest BCUT2D eigenvalue weighted by molar-refractivity contribution is -0.121. The number of amides is 1. The first-order chi connectivity index (χ1) is 12.0. The van der Waals surface area contributed by atoms with Crippen molar-refractivity contribution in [1.82, 2.24) is 25.1 Å². The van der Waals surface area contributed by atoms with Crippen LogP contribution in [-0.4, -0.2) is 58.5 Å². The largest absolute Gasteiger partial charge is 0.357 e. The van der Waals surface area contributed by atoms with Crippen LogP contribution in [0.4, 0.5) is 0 Å². The molecule has 1 saturated heterocycles. The summed E-state index contributed by atoms with van der Waals surface area (Å²) in [6, 6.07) is 0.564. The fourth-order valence-electron chi connectivity index (χ4n) is 3.18. The summed E-state index contributed by atoms with van der Waals surface area (Å²) in [7, 11) is 0. The molecule has 0 aliphatic carbocycles. The minimum absolute atomic E-state index is 0.0538. The fourth-order valence-corrected chi connectivity index (χ4v) is 3.18. The van der Waals surface area contributed by atoms with Gasteiger partial charge in [-0.15, -0.1) is 0 Å². The molecule has 1 aliphatic rings. The third-order valence-electron chi connectivity index (χ3n) is 4.51. The minimum atomic E-state index is 0.0538. The number of nitrogens with one attached hydrogen (secondary N) is 2. The van der Waals surface area contributed by atoms with Crippen molar-refractivity contribution in [2.75, 3.05) is 26.2 Å². The Hall–Kier alpha value is -2.05. The highest BCUT2D eigenvalue weighted by Crippen LogP contribution is 2.27. The number of nitrogens with zero attached hydrogens (tertiary/aromatic N) is 4. The number of hydrogen-bond donors (Lipinski definition) is 2. The van der Waals surface area contributed by atoms with E-state index in [0.717, 1.165) is 32.0 Å². The van der Waals surface area contributed by atoms with Crippen LogP contribution in [0.3, 0.4) is 0 Å². The number of rotatable bonds is 6. The maximum atomic E-state index is 11.8. The molecule has 1 aromatic rings. The van der Waals surface area contributed by atoms with E-state index in [4.69, 9.17) is 0 Å². The molecule has 0 aromatic carbocycles. The van der Waals surface area contributed by atoms with Gasteiger partial charge < -0.3 is 20.1 Å². The number of piperidine rings is 1. The molecule has 0 bridgehead atoms. The number of aromatic nitrogens is 2. The predicted octanol–water partition coefficient (Wildman–Crippen LogP) is 1.65. The van der Waals surface area contributed by atoms with Crippen LogP contribution in [0.25, 0.3) is 0 Å². The number of carbonyl (C=O) groups is 1. The summed E-state index contributed by atoms with van der Waals surface area (Å²) in [6.07, 6.45) is 7.29. The molecule has 0 radical (unpaired) electrons. The maximum Gasteiger partial charge on any atom is 0.222 e. The average molecular weight is 348 g/mol. The van der Waals surface area contributed by atoms with Gasteiger partial charge in [0.2, 0.25) is 5.91 Å². The van der Waals surface area contributed by atoms with E-state index in [2.05, 4.69) is 43.9 Å². The molecule has 2 heterocycles. The summed E-state index contributed by atoms with van der Waals surface area (Å²) in [5.41, 5.74) is 0. The zero-order valence-electron chi connectivity index (χ0n) is 15.9. The lowest BCUT2D eigenvalue weighted by atomic mass is 9.93. The van der Waals surface area contributed by atoms with Gasteiger partial charge in [-0.2, -0.15) is 0 Å². The molecule has 0 saturated carbocycles. The van der Waals surface area contributed by atoms with Crippen LogP contribution in [0.15, 0.2) is 23.7 Å². The first-order valence-electron chi connectivity index (χ1n) is 9.31. The number of likely N-dealkylation sites (tertiary alicyclic amines) is 1. The van der Waals surface area contributed by atoms with E-state index in [0.29, 0.717) is 24.9 Å². The third kappa shape index (κ3) is 5.76. The number of imidazole rings is 1. The Bertz CT molecular complexity index is 554. The van der Waals surface area contributed by atoms with Gasteiger partial charge in [0.1, 0.15) is 0 Å². The Labute approximate surface area is 150 Å². The fraction of sp³-hybridized carbons (Fsp3) is 0.722. The van der Waals surface area contributed by atoms with Gasteiger partial charge in [0.05, 0.1) is 18.9 Å². The second-order valence-electron chi connectivity index (χ2n) is 7.00. The number of carbonyl (C=O) groups excluding carboxylic acids is 1. The Morgan fingerprint density at radius 1 is 1.44 bits per heavy atom. The van der Waals surface area contributed by atoms with Gasteiger partial charge in [-0.3, -0.25) is 9.79 Å². The monoisotopic (exact) mass is 348 g/mol. The van der Waals surface area contributed by atoms with Crippen molar-refractivity contribution in [2.24, 2.45) is 10.9 Å². The van der Waals surface area contributed by atoms with Gasteiger partial charge in [0.15, 0.2) is 5.96 Å². The van der Waals surface area contributed by atoms with E-state index in [1.54, 1.807) is 0 Å². The molecule has 2 rings (SSSR count). The quantitative estimate of drug-likeness (QED) is 0.605. The molecule has 1 fully saturated rings. The van der Waals surface area contributed by atoms with Crippen LogP contribution < -0.4 is 10.6 Å². The molecule has 140 valence electrons. The van der Waals surface area contributed by atoms with Crippen LogP contribution in [0.1, 0.15) is 46.6 Å². The number of guanidine groups is 1. The molecule has 2 unspecified atom stereocenters. The molecule has 1 aromatic heterocycles. The zero-order valence-corrected chi connectivity index (χ0v) is 15.9. The minimum Gasteiger partial charge on any atom is -0.357 e. The predicted molar refractivity (Wildman–Crippen MR) is 100 cm³/mol. The topological polar surface area (TPSA) is 74.6 Å². The molecule has 1 amide bonds. The van der Waals surface area contributed by atoms with Crippen molar-refractivity contribution in [3.63, 3.8) is 0 Å². The van der Waals surface area contributed by atoms with Crippen molar-refractivity contribution in [1.29, 1.82) is 0 Å². The highest BCUT2D eigenvalue weighted by atomic mass is 16.1. The van der Waals surface area contributed by atoms with Crippen molar-refractivity contribution in [3.8, 4) is 0 Å². The summed E-state index contributed by atoms with van der Waals surface area (Å²) in [6.45, 7) is 11.5. The molecular weight excluding hydrogens is 316 g/mol. The van der Waals surface area contributed by atoms with Crippen LogP contribution in [-0.2, 0) is 4.79 Å². The van der Waals surface area contributed by atoms with Crippen molar-refractivity contribution in [2.45, 2.75) is 52.6 Å². The molecule has 0 spiro atoms. The van der Waals surface area contributed by atoms with Crippen LogP contribution in [0.2, 0.25) is 0 Å². The summed E-state index contributed by atoms with van der Waals surface area (Å²) in [4.78, 5) is 23.0. The van der Waals surface area contributed by atoms with Gasteiger partial charge in [-0.25, -0.2) is 4.98 Å². The average Bonchev–Trinajstić information content (AvgIpc) is 3.08. The van der Waals surface area contributed by atoms with Gasteiger partial charge in [0.25, 0.3) is 0 Å². The molecule has 25 heavy (non-hydrogen) atoms. The highest BCUT2D eigenvalue weighted by Gasteiger charge is 2.28. The standard InChI is InChI=1S/C18H32N6O/c1-5-20-18(21-8-6-17(25)22-14(2)3)23-10-7-15(4)16(12-23)24-11-9-19-13-24/h9,11,13-16H,5-8,10,12H2,1-4H3,(H,20,21)(H,22,25). The van der Waals surface area contributed by atoms with Crippen molar-refractivity contribution in [3.05, 3.63) is 18.7 Å². The number of hydrogen-bond acceptors (Lipinski definition) is 3. The van der Waals surface area contributed by atoms with E-state index in [1.807, 2.05) is 32.6 Å². The lowest BCUT2D eigenvalue weighted by Crippen LogP contribution is -2.49. The van der Waals surface area contributed by atoms with E-state index < -0.39 is 0 Å². The Kier molecular flexibility index (Phi) is 7.28. The molecule has 2 N–H and O–H groups in total. The zero-order chi connectivity index (χ0) is 18.2. The van der Waals surface area contributed by atoms with Gasteiger partial charge >= 0.3 is 0 Å². The van der Waals surface area contributed by atoms with E-state index in [-0.39, 0.29) is 11.9 Å². The van der Waals surface area contributed by atoms with E-state index in [1.165, 1.54) is 0 Å². The Morgan fingerprint density at radius 3 is 2.88 bits per heavy atom. The van der Waals surface area contributed by atoms with Crippen molar-refractivity contribution < 1.29 is 4.79 Å². The van der Waals surface area contributed by atoms with E-state index in [9.17, 15) is 4.79 Å². The van der Waals surface area contributed by atoms with Crippen LogP contribution in [0.5, 0.6) is 0 Å². The molecular formula is C18H32N6O. The lowest BCUT2D eigenvalue weighted by Gasteiger charge is -2.39. The van der Waals surface area contributed by atoms with E-state index >= 15 is 0 Å². The summed E-state index contributed by atoms with van der Waals surface area (Å²) in [5.74, 6) is 1.56. The molecule has 7 heteroatoms. The first-order valence-corrected chi connectivity index (χ1v) is 9.31. The van der Waals surface area contributed by atoms with Crippen LogP contribution in [0, 0.1) is 5.92 Å². The maximum absolute atomic E-state index is 11.8. The summed E-state index contributed by atoms with van der Waals surface area (Å²) >= 11 is 0. The van der Waals surface area contributed by atoms with Gasteiger partial charge in [-0.05, 0) is 33.1 Å². The SMILES string of the molecule is CCNC(=NCCC(=O)NC(C)C)N1CCC(C)C(n2ccnc2)C1. The van der Waals surface area contributed by atoms with Gasteiger partial charge in [0, 0.05) is 44.5 Å². The van der Waals surface area contributed by atoms with Crippen molar-refractivity contribution >= 4 is 11.9 Å². The van der Waals surface area contributed by atoms with Crippen LogP contribution >= 0.6 is 0 Å². The summed E-state index contributed by atoms with van der Waals surface area (Å²) < 4.78 is 2.19. The smallest absolute Gasteiger partial charge is 0.222 e. The highest BCUT2D eigenvalue weighted by molar-refractivity contribution is 5.81. The molecule has 7 nitrogen and oxygen atoms in total. The number of aliphatic imine (C=N–C) groups is 1. The Morgan fingerprint density at radius 2 is 2.24 bits per heavy atom. The Balaban J connectivity index is 1.98. The third-order valence-corrected chi connectivity index (χ3v) is 4.51. The second-order valence-corrected chi connectivity index (χ2v) is 7.00.